The number of carboxylic acid groups (broad SMARTS) is 1. The summed E-state index contributed by atoms with van der Waals surface area (Å²) in [5, 5.41) is 8.45. The first-order valence-corrected chi connectivity index (χ1v) is 4.19. The summed E-state index contributed by atoms with van der Waals surface area (Å²) in [5.74, 6) is -2.91. The normalized spacial score (nSPS) is 10.6. The van der Waals surface area contributed by atoms with Crippen LogP contribution < -0.4 is 4.74 Å². The van der Waals surface area contributed by atoms with Gasteiger partial charge in [0, 0.05) is 5.56 Å². The second-order valence-corrected chi connectivity index (χ2v) is 2.89. The molecule has 16 heavy (non-hydrogen) atoms. The molecule has 1 heterocycles. The smallest absolute Gasteiger partial charge is 0.309 e. The van der Waals surface area contributed by atoms with Gasteiger partial charge in [0.05, 0.1) is 19.2 Å². The first-order valence-electron chi connectivity index (χ1n) is 4.19. The first-order chi connectivity index (χ1) is 7.45. The molecule has 1 aromatic heterocycles. The van der Waals surface area contributed by atoms with Crippen LogP contribution in [0, 0.1) is 5.95 Å². The minimum absolute atomic E-state index is 0.440. The average molecular weight is 235 g/mol. The fourth-order valence-electron chi connectivity index (χ4n) is 1.14. The molecule has 4 nitrogen and oxygen atoms in total. The summed E-state index contributed by atoms with van der Waals surface area (Å²) in [6.07, 6.45) is -3.70. The van der Waals surface area contributed by atoms with Gasteiger partial charge in [-0.3, -0.25) is 4.79 Å². The third-order valence-electron chi connectivity index (χ3n) is 1.83. The third-order valence-corrected chi connectivity index (χ3v) is 1.83. The van der Waals surface area contributed by atoms with Crippen LogP contribution in [0.2, 0.25) is 0 Å². The van der Waals surface area contributed by atoms with E-state index in [9.17, 15) is 18.0 Å². The Morgan fingerprint density at radius 2 is 2.25 bits per heavy atom. The minimum Gasteiger partial charge on any atom is -0.492 e. The summed E-state index contributed by atoms with van der Waals surface area (Å²) < 4.78 is 42.6. The van der Waals surface area contributed by atoms with Gasteiger partial charge in [0.15, 0.2) is 5.75 Å². The Kier molecular flexibility index (Phi) is 3.70. The Morgan fingerprint density at radius 3 is 2.69 bits per heavy atom. The molecule has 7 heteroatoms. The van der Waals surface area contributed by atoms with E-state index in [2.05, 4.69) is 9.72 Å². The van der Waals surface area contributed by atoms with Crippen LogP contribution in [0.5, 0.6) is 5.75 Å². The number of ether oxygens (including phenoxy) is 1. The first kappa shape index (κ1) is 12.3. The van der Waals surface area contributed by atoms with Crippen LogP contribution in [0.25, 0.3) is 0 Å². The fourth-order valence-corrected chi connectivity index (χ4v) is 1.14. The summed E-state index contributed by atoms with van der Waals surface area (Å²) in [6.45, 7) is 0. The second-order valence-electron chi connectivity index (χ2n) is 2.89. The predicted molar refractivity (Wildman–Crippen MR) is 47.0 cm³/mol. The van der Waals surface area contributed by atoms with Gasteiger partial charge < -0.3 is 9.84 Å². The van der Waals surface area contributed by atoms with Crippen molar-refractivity contribution in [2.45, 2.75) is 12.8 Å². The molecule has 0 bridgehead atoms. The molecular formula is C9H8F3NO3. The number of rotatable bonds is 4. The van der Waals surface area contributed by atoms with Gasteiger partial charge >= 0.3 is 5.97 Å². The number of pyridine rings is 1. The lowest BCUT2D eigenvalue weighted by Crippen LogP contribution is -2.09. The summed E-state index contributed by atoms with van der Waals surface area (Å²) in [4.78, 5) is 13.5. The molecule has 88 valence electrons. The van der Waals surface area contributed by atoms with Gasteiger partial charge in [-0.25, -0.2) is 13.8 Å². The predicted octanol–water partition coefficient (Wildman–Crippen LogP) is 1.79. The van der Waals surface area contributed by atoms with E-state index in [0.29, 0.717) is 0 Å². The van der Waals surface area contributed by atoms with Gasteiger partial charge in [0.25, 0.3) is 12.4 Å². The highest BCUT2D eigenvalue weighted by molar-refractivity contribution is 5.70. The Labute approximate surface area is 88.7 Å². The van der Waals surface area contributed by atoms with Crippen molar-refractivity contribution in [1.82, 2.24) is 4.98 Å². The van der Waals surface area contributed by atoms with Crippen LogP contribution in [-0.4, -0.2) is 23.2 Å². The van der Waals surface area contributed by atoms with Crippen molar-refractivity contribution in [3.63, 3.8) is 0 Å². The van der Waals surface area contributed by atoms with Crippen LogP contribution >= 0.6 is 0 Å². The molecule has 0 spiro atoms. The number of hydrogen-bond acceptors (Lipinski definition) is 3. The number of alkyl halides is 2. The standard InChI is InChI=1S/C9H8F3NO3/c1-16-6-2-4(8(10)11)5(3-7(14)15)13-9(6)12/h2,8H,3H2,1H3,(H,14,15). The molecule has 1 aromatic rings. The molecule has 0 fully saturated rings. The molecule has 0 aliphatic rings. The van der Waals surface area contributed by atoms with Gasteiger partial charge in [-0.1, -0.05) is 0 Å². The molecule has 0 atom stereocenters. The summed E-state index contributed by atoms with van der Waals surface area (Å²) in [5.41, 5.74) is -1.14. The quantitative estimate of drug-likeness (QED) is 0.808. The zero-order chi connectivity index (χ0) is 12.3. The van der Waals surface area contributed by atoms with Crippen molar-refractivity contribution in [2.24, 2.45) is 0 Å². The van der Waals surface area contributed by atoms with Crippen molar-refractivity contribution in [3.05, 3.63) is 23.3 Å². The van der Waals surface area contributed by atoms with E-state index < -0.39 is 41.8 Å². The van der Waals surface area contributed by atoms with E-state index in [1.807, 2.05) is 0 Å². The van der Waals surface area contributed by atoms with Gasteiger partial charge in [0.2, 0.25) is 0 Å². The summed E-state index contributed by atoms with van der Waals surface area (Å²) >= 11 is 0. The number of hydrogen-bond donors (Lipinski definition) is 1. The van der Waals surface area contributed by atoms with E-state index in [1.54, 1.807) is 0 Å². The average Bonchev–Trinajstić information content (AvgIpc) is 2.16. The molecule has 0 unspecified atom stereocenters. The van der Waals surface area contributed by atoms with Crippen LogP contribution in [0.15, 0.2) is 6.07 Å². The molecule has 0 radical (unpaired) electrons. The monoisotopic (exact) mass is 235 g/mol. The Morgan fingerprint density at radius 1 is 1.62 bits per heavy atom. The lowest BCUT2D eigenvalue weighted by atomic mass is 10.1. The van der Waals surface area contributed by atoms with E-state index in [-0.39, 0.29) is 0 Å². The maximum Gasteiger partial charge on any atom is 0.309 e. The lowest BCUT2D eigenvalue weighted by molar-refractivity contribution is -0.136. The van der Waals surface area contributed by atoms with Crippen molar-refractivity contribution >= 4 is 5.97 Å². The SMILES string of the molecule is COc1cc(C(F)F)c(CC(=O)O)nc1F. The molecule has 0 aliphatic heterocycles. The topological polar surface area (TPSA) is 59.4 Å². The van der Waals surface area contributed by atoms with E-state index in [0.717, 1.165) is 13.2 Å². The van der Waals surface area contributed by atoms with Crippen molar-refractivity contribution in [2.75, 3.05) is 7.11 Å². The number of carbonyl (C=O) groups is 1. The summed E-state index contributed by atoms with van der Waals surface area (Å²) in [6, 6.07) is 0.755. The number of halogens is 3. The fraction of sp³-hybridized carbons (Fsp3) is 0.333. The molecule has 0 amide bonds. The van der Waals surface area contributed by atoms with Gasteiger partial charge in [-0.05, 0) is 6.07 Å². The second kappa shape index (κ2) is 4.82. The van der Waals surface area contributed by atoms with Crippen LogP contribution in [0.1, 0.15) is 17.7 Å². The molecule has 0 saturated heterocycles. The maximum atomic E-state index is 13.1. The molecule has 0 aliphatic carbocycles. The highest BCUT2D eigenvalue weighted by Crippen LogP contribution is 2.27. The zero-order valence-electron chi connectivity index (χ0n) is 8.21. The third kappa shape index (κ3) is 2.62. The molecule has 1 N–H and O–H groups in total. The highest BCUT2D eigenvalue weighted by atomic mass is 19.3. The Hall–Kier alpha value is -1.79. The van der Waals surface area contributed by atoms with E-state index >= 15 is 0 Å². The Balaban J connectivity index is 3.24. The van der Waals surface area contributed by atoms with Gasteiger partial charge in [-0.2, -0.15) is 4.39 Å². The maximum absolute atomic E-state index is 13.1. The number of aromatic nitrogens is 1. The Bertz CT molecular complexity index is 409. The minimum atomic E-state index is -2.93. The lowest BCUT2D eigenvalue weighted by Gasteiger charge is -2.09. The van der Waals surface area contributed by atoms with E-state index in [1.165, 1.54) is 0 Å². The van der Waals surface area contributed by atoms with E-state index in [4.69, 9.17) is 5.11 Å². The van der Waals surface area contributed by atoms with Crippen LogP contribution in [0.3, 0.4) is 0 Å². The molecule has 0 saturated carbocycles. The van der Waals surface area contributed by atoms with Crippen molar-refractivity contribution < 1.29 is 27.8 Å². The van der Waals surface area contributed by atoms with Gasteiger partial charge in [0.1, 0.15) is 0 Å². The highest BCUT2D eigenvalue weighted by Gasteiger charge is 2.20. The molecule has 0 aromatic carbocycles. The van der Waals surface area contributed by atoms with Crippen LogP contribution in [-0.2, 0) is 11.2 Å². The van der Waals surface area contributed by atoms with Crippen molar-refractivity contribution in [1.29, 1.82) is 0 Å². The number of aliphatic carboxylic acids is 1. The van der Waals surface area contributed by atoms with Gasteiger partial charge in [-0.15, -0.1) is 0 Å². The molecular weight excluding hydrogens is 227 g/mol. The number of methoxy groups -OCH3 is 1. The zero-order valence-corrected chi connectivity index (χ0v) is 8.21. The van der Waals surface area contributed by atoms with Crippen molar-refractivity contribution in [3.8, 4) is 5.75 Å². The summed E-state index contributed by atoms with van der Waals surface area (Å²) in [7, 11) is 1.10. The van der Waals surface area contributed by atoms with Crippen LogP contribution in [0.4, 0.5) is 13.2 Å². The number of carboxylic acids is 1. The number of nitrogens with zero attached hydrogens (tertiary/aromatic N) is 1. The largest absolute Gasteiger partial charge is 0.492 e. The molecule has 1 rings (SSSR count).